The highest BCUT2D eigenvalue weighted by atomic mass is 32.1. The Morgan fingerprint density at radius 1 is 1.26 bits per heavy atom. The predicted octanol–water partition coefficient (Wildman–Crippen LogP) is 3.93. The van der Waals surface area contributed by atoms with Crippen molar-refractivity contribution in [1.82, 2.24) is 9.88 Å². The zero-order valence-electron chi connectivity index (χ0n) is 16.2. The normalized spacial score (nSPS) is 13.9. The molecule has 1 aromatic carbocycles. The van der Waals surface area contributed by atoms with E-state index in [2.05, 4.69) is 10.3 Å². The number of carbonyl (C=O) groups excluding carboxylic acids is 2. The van der Waals surface area contributed by atoms with Crippen molar-refractivity contribution in [2.75, 3.05) is 11.9 Å². The number of amides is 2. The first-order valence-corrected chi connectivity index (χ1v) is 9.83. The molecule has 0 unspecified atom stereocenters. The maximum Gasteiger partial charge on any atom is 0.410 e. The van der Waals surface area contributed by atoms with Gasteiger partial charge in [0.15, 0.2) is 5.13 Å². The van der Waals surface area contributed by atoms with Crippen LogP contribution in [0.3, 0.4) is 0 Å². The second-order valence-electron chi connectivity index (χ2n) is 7.75. The van der Waals surface area contributed by atoms with Gasteiger partial charge < -0.3 is 15.0 Å². The van der Waals surface area contributed by atoms with Crippen LogP contribution in [0.15, 0.2) is 24.3 Å². The molecule has 2 aromatic rings. The molecule has 0 spiro atoms. The molecule has 1 N–H and O–H groups in total. The van der Waals surface area contributed by atoms with E-state index < -0.39 is 5.60 Å². The first-order chi connectivity index (χ1) is 12.7. The van der Waals surface area contributed by atoms with Crippen LogP contribution in [-0.4, -0.2) is 34.0 Å². The van der Waals surface area contributed by atoms with Crippen molar-refractivity contribution in [3.63, 3.8) is 0 Å². The number of nitrogens with zero attached hydrogens (tertiary/aromatic N) is 2. The van der Waals surface area contributed by atoms with Gasteiger partial charge in [-0.3, -0.25) is 4.79 Å². The lowest BCUT2D eigenvalue weighted by Gasteiger charge is -2.29. The summed E-state index contributed by atoms with van der Waals surface area (Å²) in [5.41, 5.74) is 2.57. The van der Waals surface area contributed by atoms with Crippen LogP contribution in [0.5, 0.6) is 0 Å². The Morgan fingerprint density at radius 3 is 2.63 bits per heavy atom. The van der Waals surface area contributed by atoms with E-state index in [4.69, 9.17) is 4.74 Å². The standard InChI is InChI=1S/C20H25N3O3S/c1-13-5-7-14(8-6-13)11-17(24)22-18-21-15-9-10-23(12-16(15)27-18)19(25)26-20(2,3)4/h5-8H,9-12H2,1-4H3,(H,21,22,24). The van der Waals surface area contributed by atoms with Crippen molar-refractivity contribution >= 4 is 28.5 Å². The fraction of sp³-hybridized carbons (Fsp3) is 0.450. The summed E-state index contributed by atoms with van der Waals surface area (Å²) in [6.45, 7) is 8.63. The number of nitrogens with one attached hydrogen (secondary N) is 1. The molecule has 0 saturated carbocycles. The number of fused-ring (bicyclic) bond motifs is 1. The molecule has 0 saturated heterocycles. The van der Waals surface area contributed by atoms with E-state index >= 15 is 0 Å². The molecule has 144 valence electrons. The van der Waals surface area contributed by atoms with Crippen LogP contribution < -0.4 is 5.32 Å². The fourth-order valence-electron chi connectivity index (χ4n) is 2.79. The van der Waals surface area contributed by atoms with Crippen molar-refractivity contribution in [1.29, 1.82) is 0 Å². The Morgan fingerprint density at radius 2 is 1.96 bits per heavy atom. The van der Waals surface area contributed by atoms with Crippen molar-refractivity contribution in [2.45, 2.75) is 52.7 Å². The average molecular weight is 388 g/mol. The number of carbonyl (C=O) groups is 2. The minimum Gasteiger partial charge on any atom is -0.444 e. The highest BCUT2D eigenvalue weighted by Gasteiger charge is 2.28. The Bertz CT molecular complexity index is 837. The third kappa shape index (κ3) is 5.29. The molecule has 1 aliphatic rings. The lowest BCUT2D eigenvalue weighted by atomic mass is 10.1. The van der Waals surface area contributed by atoms with Crippen LogP contribution in [-0.2, 0) is 28.9 Å². The smallest absolute Gasteiger partial charge is 0.410 e. The van der Waals surface area contributed by atoms with E-state index in [0.717, 1.165) is 16.1 Å². The molecule has 6 nitrogen and oxygen atoms in total. The van der Waals surface area contributed by atoms with Gasteiger partial charge in [0, 0.05) is 17.8 Å². The van der Waals surface area contributed by atoms with Crippen LogP contribution in [0.4, 0.5) is 9.93 Å². The van der Waals surface area contributed by atoms with Gasteiger partial charge in [-0.25, -0.2) is 9.78 Å². The first-order valence-electron chi connectivity index (χ1n) is 9.01. The minimum atomic E-state index is -0.514. The molecule has 0 radical (unpaired) electrons. The number of rotatable bonds is 3. The molecule has 0 atom stereocenters. The molecule has 0 bridgehead atoms. The van der Waals surface area contributed by atoms with Gasteiger partial charge in [-0.05, 0) is 33.3 Å². The number of aryl methyl sites for hydroxylation is 1. The molecule has 0 aliphatic carbocycles. The molecule has 2 heterocycles. The fourth-order valence-corrected chi connectivity index (χ4v) is 3.83. The molecule has 27 heavy (non-hydrogen) atoms. The van der Waals surface area contributed by atoms with Crippen LogP contribution in [0.2, 0.25) is 0 Å². The van der Waals surface area contributed by atoms with Gasteiger partial charge >= 0.3 is 6.09 Å². The Balaban J connectivity index is 1.60. The molecule has 7 heteroatoms. The number of anilines is 1. The van der Waals surface area contributed by atoms with Gasteiger partial charge in [0.25, 0.3) is 0 Å². The minimum absolute atomic E-state index is 0.0889. The van der Waals surface area contributed by atoms with Gasteiger partial charge in [0.05, 0.1) is 18.7 Å². The molecule has 2 amide bonds. The van der Waals surface area contributed by atoms with Crippen molar-refractivity contribution in [2.24, 2.45) is 0 Å². The number of aromatic nitrogens is 1. The van der Waals surface area contributed by atoms with Gasteiger partial charge in [-0.1, -0.05) is 41.2 Å². The molecule has 1 aliphatic heterocycles. The summed E-state index contributed by atoms with van der Waals surface area (Å²) in [5.74, 6) is -0.0889. The summed E-state index contributed by atoms with van der Waals surface area (Å²) in [5, 5.41) is 3.46. The zero-order chi connectivity index (χ0) is 19.6. The average Bonchev–Trinajstić information content (AvgIpc) is 2.96. The summed E-state index contributed by atoms with van der Waals surface area (Å²) < 4.78 is 5.44. The lowest BCUT2D eigenvalue weighted by Crippen LogP contribution is -2.39. The SMILES string of the molecule is Cc1ccc(CC(=O)Nc2nc3c(s2)CN(C(=O)OC(C)(C)C)CC3)cc1. The Hall–Kier alpha value is -2.41. The predicted molar refractivity (Wildman–Crippen MR) is 106 cm³/mol. The Labute approximate surface area is 163 Å². The summed E-state index contributed by atoms with van der Waals surface area (Å²) in [7, 11) is 0. The van der Waals surface area contributed by atoms with Crippen LogP contribution >= 0.6 is 11.3 Å². The van der Waals surface area contributed by atoms with Gasteiger partial charge in [-0.15, -0.1) is 0 Å². The third-order valence-corrected chi connectivity index (χ3v) is 5.11. The maximum atomic E-state index is 12.3. The summed E-state index contributed by atoms with van der Waals surface area (Å²) in [4.78, 5) is 31.7. The molecule has 1 aromatic heterocycles. The topological polar surface area (TPSA) is 71.5 Å². The summed E-state index contributed by atoms with van der Waals surface area (Å²) in [6, 6.07) is 7.91. The Kier molecular flexibility index (Phi) is 5.51. The van der Waals surface area contributed by atoms with Crippen LogP contribution in [0.1, 0.15) is 42.5 Å². The molecule has 3 rings (SSSR count). The summed E-state index contributed by atoms with van der Waals surface area (Å²) >= 11 is 1.42. The zero-order valence-corrected chi connectivity index (χ0v) is 17.0. The molecular formula is C20H25N3O3S. The van der Waals surface area contributed by atoms with E-state index in [1.807, 2.05) is 52.0 Å². The second-order valence-corrected chi connectivity index (χ2v) is 8.83. The van der Waals surface area contributed by atoms with Crippen molar-refractivity contribution < 1.29 is 14.3 Å². The quantitative estimate of drug-likeness (QED) is 0.866. The third-order valence-electron chi connectivity index (χ3n) is 4.11. The highest BCUT2D eigenvalue weighted by molar-refractivity contribution is 7.15. The molecule has 0 fully saturated rings. The van der Waals surface area contributed by atoms with E-state index in [1.54, 1.807) is 4.90 Å². The van der Waals surface area contributed by atoms with E-state index in [0.29, 0.717) is 31.1 Å². The van der Waals surface area contributed by atoms with Gasteiger partial charge in [0.1, 0.15) is 5.60 Å². The van der Waals surface area contributed by atoms with Crippen molar-refractivity contribution in [3.8, 4) is 0 Å². The molecular weight excluding hydrogens is 362 g/mol. The number of thiazole rings is 1. The lowest BCUT2D eigenvalue weighted by molar-refractivity contribution is -0.115. The number of ether oxygens (including phenoxy) is 1. The van der Waals surface area contributed by atoms with E-state index in [1.165, 1.54) is 16.9 Å². The number of benzene rings is 1. The van der Waals surface area contributed by atoms with Crippen molar-refractivity contribution in [3.05, 3.63) is 46.0 Å². The van der Waals surface area contributed by atoms with Gasteiger partial charge in [-0.2, -0.15) is 0 Å². The second kappa shape index (κ2) is 7.68. The van der Waals surface area contributed by atoms with Gasteiger partial charge in [0.2, 0.25) is 5.91 Å². The number of hydrogen-bond acceptors (Lipinski definition) is 5. The monoisotopic (exact) mass is 387 g/mol. The maximum absolute atomic E-state index is 12.3. The van der Waals surface area contributed by atoms with Crippen LogP contribution in [0, 0.1) is 6.92 Å². The summed E-state index contributed by atoms with van der Waals surface area (Å²) in [6.07, 6.45) is 0.666. The first kappa shape index (κ1) is 19.4. The largest absolute Gasteiger partial charge is 0.444 e. The number of hydrogen-bond donors (Lipinski definition) is 1. The van der Waals surface area contributed by atoms with E-state index in [-0.39, 0.29) is 12.0 Å². The highest BCUT2D eigenvalue weighted by Crippen LogP contribution is 2.29. The van der Waals surface area contributed by atoms with Crippen LogP contribution in [0.25, 0.3) is 0 Å². The van der Waals surface area contributed by atoms with E-state index in [9.17, 15) is 9.59 Å².